The van der Waals surface area contributed by atoms with Gasteiger partial charge in [0.1, 0.15) is 27.6 Å². The number of aryl methyl sites for hydroxylation is 1. The molecule has 0 radical (unpaired) electrons. The van der Waals surface area contributed by atoms with E-state index < -0.39 is 0 Å². The van der Waals surface area contributed by atoms with Crippen molar-refractivity contribution in [2.45, 2.75) is 33.6 Å². The maximum Gasteiger partial charge on any atom is 0.146 e. The second-order valence-corrected chi connectivity index (χ2v) is 6.64. The number of anilines is 1. The standard InChI is InChI=1S/C17H23BrN4/c1-5-9-22(11-12(3)6-2)17-14(10-19)21(4)13-7-8-15(18)20-16(13)17/h7-8,12H,5-6,9,11H2,1-4H3. The lowest BCUT2D eigenvalue weighted by molar-refractivity contribution is 0.541. The first-order chi connectivity index (χ1) is 10.5. The van der Waals surface area contributed by atoms with Crippen molar-refractivity contribution >= 4 is 32.7 Å². The van der Waals surface area contributed by atoms with E-state index in [0.717, 1.165) is 47.3 Å². The minimum absolute atomic E-state index is 0.584. The number of pyridine rings is 1. The first-order valence-corrected chi connectivity index (χ1v) is 8.62. The molecule has 118 valence electrons. The summed E-state index contributed by atoms with van der Waals surface area (Å²) in [4.78, 5) is 6.97. The third-order valence-corrected chi connectivity index (χ3v) is 4.57. The molecule has 1 atom stereocenters. The van der Waals surface area contributed by atoms with Crippen LogP contribution in [0.5, 0.6) is 0 Å². The lowest BCUT2D eigenvalue weighted by Crippen LogP contribution is -2.29. The molecule has 2 heterocycles. The fourth-order valence-corrected chi connectivity index (χ4v) is 3.07. The minimum atomic E-state index is 0.584. The summed E-state index contributed by atoms with van der Waals surface area (Å²) in [6, 6.07) is 6.31. The SMILES string of the molecule is CCCN(CC(C)CC)c1c(C#N)n(C)c2ccc(Br)nc12. The van der Waals surface area contributed by atoms with Crippen molar-refractivity contribution in [1.82, 2.24) is 9.55 Å². The van der Waals surface area contributed by atoms with Gasteiger partial charge < -0.3 is 9.47 Å². The van der Waals surface area contributed by atoms with E-state index in [0.29, 0.717) is 11.6 Å². The molecule has 0 aliphatic heterocycles. The topological polar surface area (TPSA) is 44.9 Å². The van der Waals surface area contributed by atoms with E-state index in [-0.39, 0.29) is 0 Å². The molecular weight excluding hydrogens is 340 g/mol. The lowest BCUT2D eigenvalue weighted by atomic mass is 10.1. The summed E-state index contributed by atoms with van der Waals surface area (Å²) in [5.41, 5.74) is 3.57. The molecule has 0 fully saturated rings. The van der Waals surface area contributed by atoms with E-state index in [2.05, 4.69) is 52.7 Å². The molecule has 0 saturated heterocycles. The van der Waals surface area contributed by atoms with Crippen LogP contribution < -0.4 is 4.90 Å². The van der Waals surface area contributed by atoms with E-state index in [1.165, 1.54) is 0 Å². The molecule has 0 amide bonds. The first-order valence-electron chi connectivity index (χ1n) is 7.83. The highest BCUT2D eigenvalue weighted by atomic mass is 79.9. The average molecular weight is 363 g/mol. The predicted molar refractivity (Wildman–Crippen MR) is 95.1 cm³/mol. The van der Waals surface area contributed by atoms with Gasteiger partial charge in [-0.25, -0.2) is 4.98 Å². The molecule has 2 aromatic heterocycles. The molecule has 5 heteroatoms. The number of rotatable bonds is 6. The fourth-order valence-electron chi connectivity index (χ4n) is 2.76. The Morgan fingerprint density at radius 3 is 2.73 bits per heavy atom. The Morgan fingerprint density at radius 2 is 2.14 bits per heavy atom. The molecule has 4 nitrogen and oxygen atoms in total. The van der Waals surface area contributed by atoms with Crippen molar-refractivity contribution in [3.63, 3.8) is 0 Å². The molecule has 0 spiro atoms. The number of nitrogens with zero attached hydrogens (tertiary/aromatic N) is 4. The van der Waals surface area contributed by atoms with Crippen molar-refractivity contribution in [3.05, 3.63) is 22.4 Å². The molecule has 1 unspecified atom stereocenters. The van der Waals surface area contributed by atoms with Crippen molar-refractivity contribution in [2.75, 3.05) is 18.0 Å². The van der Waals surface area contributed by atoms with Gasteiger partial charge in [0, 0.05) is 20.1 Å². The predicted octanol–water partition coefficient (Wildman–Crippen LogP) is 4.47. The summed E-state index contributed by atoms with van der Waals surface area (Å²) in [6.45, 7) is 8.52. The van der Waals surface area contributed by atoms with E-state index >= 15 is 0 Å². The zero-order valence-electron chi connectivity index (χ0n) is 13.7. The number of hydrogen-bond donors (Lipinski definition) is 0. The first kappa shape index (κ1) is 16.8. The average Bonchev–Trinajstić information content (AvgIpc) is 2.78. The Balaban J connectivity index is 2.64. The molecule has 0 bridgehead atoms. The smallest absolute Gasteiger partial charge is 0.146 e. The zero-order valence-corrected chi connectivity index (χ0v) is 15.3. The Hall–Kier alpha value is -1.54. The maximum atomic E-state index is 9.64. The number of nitriles is 1. The van der Waals surface area contributed by atoms with Crippen LogP contribution in [0.2, 0.25) is 0 Å². The quantitative estimate of drug-likeness (QED) is 0.712. The van der Waals surface area contributed by atoms with E-state index in [9.17, 15) is 5.26 Å². The number of fused-ring (bicyclic) bond motifs is 1. The lowest BCUT2D eigenvalue weighted by Gasteiger charge is -2.26. The summed E-state index contributed by atoms with van der Waals surface area (Å²) in [5.74, 6) is 0.584. The molecule has 0 aliphatic rings. The second kappa shape index (κ2) is 7.15. The summed E-state index contributed by atoms with van der Waals surface area (Å²) in [6.07, 6.45) is 2.18. The van der Waals surface area contributed by atoms with Crippen molar-refractivity contribution < 1.29 is 0 Å². The molecule has 2 rings (SSSR count). The third kappa shape index (κ3) is 3.12. The van der Waals surface area contributed by atoms with Crippen LogP contribution in [0.25, 0.3) is 11.0 Å². The number of aromatic nitrogens is 2. The molecule has 0 aromatic carbocycles. The summed E-state index contributed by atoms with van der Waals surface area (Å²) >= 11 is 3.45. The minimum Gasteiger partial charge on any atom is -0.367 e. The molecule has 0 saturated carbocycles. The third-order valence-electron chi connectivity index (χ3n) is 4.13. The summed E-state index contributed by atoms with van der Waals surface area (Å²) in [5, 5.41) is 9.64. The molecule has 0 N–H and O–H groups in total. The van der Waals surface area contributed by atoms with Crippen LogP contribution in [-0.4, -0.2) is 22.6 Å². The normalized spacial score (nSPS) is 12.4. The molecule has 2 aromatic rings. The zero-order chi connectivity index (χ0) is 16.3. The molecular formula is C17H23BrN4. The van der Waals surface area contributed by atoms with Crippen LogP contribution in [0.4, 0.5) is 5.69 Å². The van der Waals surface area contributed by atoms with Gasteiger partial charge in [-0.1, -0.05) is 27.2 Å². The number of hydrogen-bond acceptors (Lipinski definition) is 3. The summed E-state index contributed by atoms with van der Waals surface area (Å²) in [7, 11) is 1.94. The van der Waals surface area contributed by atoms with Crippen molar-refractivity contribution in [1.29, 1.82) is 5.26 Å². The van der Waals surface area contributed by atoms with Gasteiger partial charge in [-0.3, -0.25) is 0 Å². The van der Waals surface area contributed by atoms with Gasteiger partial charge in [0.05, 0.1) is 5.52 Å². The molecule has 0 aliphatic carbocycles. The molecule has 22 heavy (non-hydrogen) atoms. The highest BCUT2D eigenvalue weighted by Gasteiger charge is 2.22. The van der Waals surface area contributed by atoms with Crippen molar-refractivity contribution in [2.24, 2.45) is 13.0 Å². The van der Waals surface area contributed by atoms with Gasteiger partial charge in [0.15, 0.2) is 0 Å². The Bertz CT molecular complexity index is 699. The second-order valence-electron chi connectivity index (χ2n) is 5.83. The van der Waals surface area contributed by atoms with Crippen molar-refractivity contribution in [3.8, 4) is 6.07 Å². The monoisotopic (exact) mass is 362 g/mol. The van der Waals surface area contributed by atoms with Crippen LogP contribution in [0.3, 0.4) is 0 Å². The van der Waals surface area contributed by atoms with E-state index in [1.54, 1.807) is 0 Å². The highest BCUT2D eigenvalue weighted by Crippen LogP contribution is 2.33. The fraction of sp³-hybridized carbons (Fsp3) is 0.529. The van der Waals surface area contributed by atoms with E-state index in [4.69, 9.17) is 0 Å². The Labute approximate surface area is 140 Å². The highest BCUT2D eigenvalue weighted by molar-refractivity contribution is 9.10. The Morgan fingerprint density at radius 1 is 1.41 bits per heavy atom. The maximum absolute atomic E-state index is 9.64. The van der Waals surface area contributed by atoms with Crippen LogP contribution in [0.15, 0.2) is 16.7 Å². The van der Waals surface area contributed by atoms with Gasteiger partial charge in [0.25, 0.3) is 0 Å². The van der Waals surface area contributed by atoms with E-state index in [1.807, 2.05) is 23.7 Å². The Kier molecular flexibility index (Phi) is 5.47. The van der Waals surface area contributed by atoms with Crippen LogP contribution >= 0.6 is 15.9 Å². The van der Waals surface area contributed by atoms with Crippen LogP contribution in [0, 0.1) is 17.2 Å². The van der Waals surface area contributed by atoms with Crippen LogP contribution in [0.1, 0.15) is 39.3 Å². The van der Waals surface area contributed by atoms with Gasteiger partial charge in [-0.05, 0) is 40.4 Å². The van der Waals surface area contributed by atoms with Gasteiger partial charge in [0.2, 0.25) is 0 Å². The largest absolute Gasteiger partial charge is 0.367 e. The summed E-state index contributed by atoms with van der Waals surface area (Å²) < 4.78 is 2.75. The van der Waals surface area contributed by atoms with Gasteiger partial charge in [-0.15, -0.1) is 0 Å². The number of halogens is 1. The van der Waals surface area contributed by atoms with Gasteiger partial charge in [-0.2, -0.15) is 5.26 Å². The van der Waals surface area contributed by atoms with Crippen LogP contribution in [-0.2, 0) is 7.05 Å². The van der Waals surface area contributed by atoms with Gasteiger partial charge >= 0.3 is 0 Å².